The van der Waals surface area contributed by atoms with Crippen LogP contribution in [0.2, 0.25) is 0 Å². The molecule has 0 aromatic heterocycles. The van der Waals surface area contributed by atoms with E-state index < -0.39 is 21.7 Å². The minimum Gasteiger partial charge on any atom is -0.748 e. The molecule has 1 fully saturated rings. The quantitative estimate of drug-likeness (QED) is 0.273. The fourth-order valence-electron chi connectivity index (χ4n) is 3.02. The van der Waals surface area contributed by atoms with E-state index in [0.29, 0.717) is 6.61 Å². The summed E-state index contributed by atoms with van der Waals surface area (Å²) in [6.07, 6.45) is 10.5. The number of hydrogen-bond donors (Lipinski definition) is 0. The lowest BCUT2D eigenvalue weighted by molar-refractivity contribution is -0.296. The van der Waals surface area contributed by atoms with Crippen LogP contribution < -0.4 is 0 Å². The summed E-state index contributed by atoms with van der Waals surface area (Å²) in [6.45, 7) is 5.18. The summed E-state index contributed by atoms with van der Waals surface area (Å²) in [5.41, 5.74) is 0. The third-order valence-corrected chi connectivity index (χ3v) is 6.48. The third-order valence-electron chi connectivity index (χ3n) is 4.51. The first kappa shape index (κ1) is 25.2. The summed E-state index contributed by atoms with van der Waals surface area (Å²) in [6, 6.07) is 0. The van der Waals surface area contributed by atoms with Crippen LogP contribution in [0.3, 0.4) is 0 Å². The van der Waals surface area contributed by atoms with Gasteiger partial charge in [-0.1, -0.05) is 45.4 Å². The van der Waals surface area contributed by atoms with Gasteiger partial charge in [-0.25, -0.2) is 8.42 Å². The molecule has 0 amide bonds. The molecule has 1 heterocycles. The molecule has 0 saturated carbocycles. The van der Waals surface area contributed by atoms with Crippen molar-refractivity contribution in [1.29, 1.82) is 0 Å². The van der Waals surface area contributed by atoms with Gasteiger partial charge in [0, 0.05) is 18.1 Å². The van der Waals surface area contributed by atoms with E-state index in [9.17, 15) is 13.0 Å². The van der Waals surface area contributed by atoms with Crippen LogP contribution in [0.15, 0.2) is 0 Å². The smallest absolute Gasteiger partial charge is 0.189 e. The van der Waals surface area contributed by atoms with E-state index in [1.807, 2.05) is 18.7 Å². The molecule has 6 nitrogen and oxygen atoms in total. The van der Waals surface area contributed by atoms with Gasteiger partial charge in [0.15, 0.2) is 5.79 Å². The Balaban J connectivity index is 2.07. The van der Waals surface area contributed by atoms with Gasteiger partial charge in [0.25, 0.3) is 0 Å². The van der Waals surface area contributed by atoms with Gasteiger partial charge in [-0.2, -0.15) is 11.8 Å². The lowest BCUT2D eigenvalue weighted by Gasteiger charge is -2.38. The summed E-state index contributed by atoms with van der Waals surface area (Å²) in [7, 11) is -4.17. The zero-order chi connectivity index (χ0) is 20.0. The van der Waals surface area contributed by atoms with Crippen molar-refractivity contribution in [2.75, 3.05) is 37.1 Å². The molecule has 0 radical (unpaired) electrons. The van der Waals surface area contributed by atoms with Crippen molar-refractivity contribution in [3.05, 3.63) is 0 Å². The van der Waals surface area contributed by atoms with Crippen molar-refractivity contribution >= 4 is 21.9 Å². The summed E-state index contributed by atoms with van der Waals surface area (Å²) < 4.78 is 48.9. The number of hydrogen-bond acceptors (Lipinski definition) is 7. The molecular formula is C19H37O6S2-. The molecule has 1 aliphatic rings. The molecule has 8 heteroatoms. The molecule has 0 spiro atoms. The van der Waals surface area contributed by atoms with Gasteiger partial charge in [-0.3, -0.25) is 0 Å². The summed E-state index contributed by atoms with van der Waals surface area (Å²) in [5.74, 6) is 0.941. The maximum atomic E-state index is 10.6. The van der Waals surface area contributed by atoms with Crippen LogP contribution in [0.4, 0.5) is 0 Å². The van der Waals surface area contributed by atoms with Gasteiger partial charge in [0.2, 0.25) is 0 Å². The topological polar surface area (TPSA) is 84.9 Å². The maximum Gasteiger partial charge on any atom is 0.189 e. The van der Waals surface area contributed by atoms with E-state index in [-0.39, 0.29) is 25.7 Å². The highest BCUT2D eigenvalue weighted by atomic mass is 32.2. The van der Waals surface area contributed by atoms with Crippen molar-refractivity contribution < 1.29 is 27.2 Å². The van der Waals surface area contributed by atoms with E-state index in [4.69, 9.17) is 14.2 Å². The molecule has 162 valence electrons. The average molecular weight is 426 g/mol. The van der Waals surface area contributed by atoms with Gasteiger partial charge >= 0.3 is 0 Å². The zero-order valence-corrected chi connectivity index (χ0v) is 18.6. The van der Waals surface area contributed by atoms with Crippen LogP contribution in [-0.2, 0) is 24.3 Å². The fraction of sp³-hybridized carbons (Fsp3) is 1.00. The molecule has 27 heavy (non-hydrogen) atoms. The molecule has 1 rings (SSSR count). The van der Waals surface area contributed by atoms with E-state index in [1.54, 1.807) is 0 Å². The second kappa shape index (κ2) is 14.2. The van der Waals surface area contributed by atoms with Crippen LogP contribution in [-0.4, -0.2) is 61.9 Å². The lowest BCUT2D eigenvalue weighted by atomic mass is 10.1. The van der Waals surface area contributed by atoms with Crippen molar-refractivity contribution in [3.8, 4) is 0 Å². The van der Waals surface area contributed by atoms with Crippen molar-refractivity contribution in [2.45, 2.75) is 83.5 Å². The Morgan fingerprint density at radius 2 is 1.85 bits per heavy atom. The van der Waals surface area contributed by atoms with Crippen LogP contribution >= 0.6 is 11.8 Å². The normalized spacial score (nSPS) is 23.6. The minimum atomic E-state index is -4.17. The standard InChI is InChI=1S/C19H38O6S2/c1-3-4-5-6-7-8-9-14-26-16-18-11-13-24-19(2,25-18)17-23-12-10-15-27(20,21)22/h18H,3-17H2,1-2H3,(H,20,21,22)/p-1. The largest absolute Gasteiger partial charge is 0.748 e. The molecular weight excluding hydrogens is 388 g/mol. The van der Waals surface area contributed by atoms with Gasteiger partial charge in [0.1, 0.15) is 6.61 Å². The molecule has 0 N–H and O–H groups in total. The first-order chi connectivity index (χ1) is 12.8. The second-order valence-electron chi connectivity index (χ2n) is 7.37. The highest BCUT2D eigenvalue weighted by molar-refractivity contribution is 7.99. The van der Waals surface area contributed by atoms with Gasteiger partial charge in [-0.15, -0.1) is 0 Å². The molecule has 0 aromatic rings. The number of rotatable bonds is 16. The monoisotopic (exact) mass is 425 g/mol. The Labute approximate surface area is 169 Å². The predicted octanol–water partition coefficient (Wildman–Crippen LogP) is 3.94. The minimum absolute atomic E-state index is 0.156. The summed E-state index contributed by atoms with van der Waals surface area (Å²) >= 11 is 1.94. The first-order valence-corrected chi connectivity index (χ1v) is 13.0. The molecule has 0 aromatic carbocycles. The molecule has 1 aliphatic heterocycles. The Bertz CT molecular complexity index is 471. The zero-order valence-electron chi connectivity index (χ0n) is 16.9. The van der Waals surface area contributed by atoms with E-state index >= 15 is 0 Å². The van der Waals surface area contributed by atoms with Gasteiger partial charge < -0.3 is 18.8 Å². The predicted molar refractivity (Wildman–Crippen MR) is 109 cm³/mol. The SMILES string of the molecule is CCCCCCCCCSCC1CCOC(C)(COCCCS(=O)(=O)[O-])O1. The van der Waals surface area contributed by atoms with E-state index in [1.165, 1.54) is 50.7 Å². The van der Waals surface area contributed by atoms with Crippen molar-refractivity contribution in [2.24, 2.45) is 0 Å². The molecule has 0 bridgehead atoms. The lowest BCUT2D eigenvalue weighted by Crippen LogP contribution is -2.46. The van der Waals surface area contributed by atoms with Crippen molar-refractivity contribution in [1.82, 2.24) is 0 Å². The number of ether oxygens (including phenoxy) is 3. The Hall–Kier alpha value is 0.140. The highest BCUT2D eigenvalue weighted by Gasteiger charge is 2.34. The Morgan fingerprint density at radius 1 is 1.15 bits per heavy atom. The van der Waals surface area contributed by atoms with Gasteiger partial charge in [0.05, 0.1) is 22.8 Å². The average Bonchev–Trinajstić information content (AvgIpc) is 2.59. The molecule has 0 aliphatic carbocycles. The third kappa shape index (κ3) is 13.9. The van der Waals surface area contributed by atoms with Crippen molar-refractivity contribution in [3.63, 3.8) is 0 Å². The second-order valence-corrected chi connectivity index (χ2v) is 10.0. The fourth-order valence-corrected chi connectivity index (χ4v) is 4.56. The Morgan fingerprint density at radius 3 is 2.56 bits per heavy atom. The van der Waals surface area contributed by atoms with Crippen LogP contribution in [0, 0.1) is 0 Å². The summed E-state index contributed by atoms with van der Waals surface area (Å²) in [4.78, 5) is 0. The molecule has 2 unspecified atom stereocenters. The van der Waals surface area contributed by atoms with Crippen LogP contribution in [0.5, 0.6) is 0 Å². The van der Waals surface area contributed by atoms with Crippen LogP contribution in [0.25, 0.3) is 0 Å². The highest BCUT2D eigenvalue weighted by Crippen LogP contribution is 2.26. The Kier molecular flexibility index (Phi) is 13.2. The van der Waals surface area contributed by atoms with Gasteiger partial charge in [-0.05, 0) is 31.9 Å². The van der Waals surface area contributed by atoms with E-state index in [0.717, 1.165) is 12.2 Å². The first-order valence-electron chi connectivity index (χ1n) is 10.3. The number of thioether (sulfide) groups is 1. The maximum absolute atomic E-state index is 10.6. The molecule has 1 saturated heterocycles. The number of unbranched alkanes of at least 4 members (excludes halogenated alkanes) is 6. The van der Waals surface area contributed by atoms with E-state index in [2.05, 4.69) is 6.92 Å². The summed E-state index contributed by atoms with van der Waals surface area (Å²) in [5, 5.41) is 0. The molecule has 2 atom stereocenters. The van der Waals surface area contributed by atoms with Crippen LogP contribution in [0.1, 0.15) is 71.6 Å².